The molecule has 1 aliphatic carbocycles. The van der Waals surface area contributed by atoms with Gasteiger partial charge >= 0.3 is 6.09 Å². The highest BCUT2D eigenvalue weighted by Gasteiger charge is 2.45. The summed E-state index contributed by atoms with van der Waals surface area (Å²) in [6.07, 6.45) is 0.414. The van der Waals surface area contributed by atoms with E-state index in [-0.39, 0.29) is 12.2 Å². The predicted molar refractivity (Wildman–Crippen MR) is 64.2 cm³/mol. The number of nitrogens with two attached hydrogens (primary N) is 1. The largest absolute Gasteiger partial charge is 0.490 e. The van der Waals surface area contributed by atoms with Gasteiger partial charge in [0.2, 0.25) is 0 Å². The summed E-state index contributed by atoms with van der Waals surface area (Å²) in [6, 6.07) is 6.93. The number of benzene rings is 1. The molecule has 0 bridgehead atoms. The molecular weight excluding hydrogens is 234 g/mol. The van der Waals surface area contributed by atoms with Crippen molar-refractivity contribution in [2.75, 3.05) is 12.3 Å². The van der Waals surface area contributed by atoms with Gasteiger partial charge in [-0.1, -0.05) is 6.07 Å². The Balaban J connectivity index is 2.05. The maximum absolute atomic E-state index is 10.6. The molecule has 2 rings (SSSR count). The van der Waals surface area contributed by atoms with Crippen molar-refractivity contribution in [3.8, 4) is 11.8 Å². The van der Waals surface area contributed by atoms with Crippen molar-refractivity contribution in [2.24, 2.45) is 0 Å². The monoisotopic (exact) mass is 247 g/mol. The fraction of sp³-hybridized carbons (Fsp3) is 0.333. The molecule has 0 aromatic heterocycles. The Bertz CT molecular complexity index is 518. The highest BCUT2D eigenvalue weighted by molar-refractivity contribution is 5.66. The molecular formula is C12H13N3O3. The Kier molecular flexibility index (Phi) is 2.98. The summed E-state index contributed by atoms with van der Waals surface area (Å²) in [6.45, 7) is 0.206. The van der Waals surface area contributed by atoms with E-state index in [1.54, 1.807) is 18.2 Å². The first-order valence-corrected chi connectivity index (χ1v) is 5.49. The fourth-order valence-corrected chi connectivity index (χ4v) is 1.69. The number of ether oxygens (including phenoxy) is 1. The zero-order valence-corrected chi connectivity index (χ0v) is 9.64. The number of carboxylic acid groups (broad SMARTS) is 1. The number of nitrogens with zero attached hydrogens (tertiary/aromatic N) is 1. The number of nitrogens with one attached hydrogen (secondary N) is 1. The topological polar surface area (TPSA) is 108 Å². The van der Waals surface area contributed by atoms with Crippen molar-refractivity contribution >= 4 is 11.8 Å². The number of anilines is 1. The average molecular weight is 247 g/mol. The Labute approximate surface area is 104 Å². The first-order chi connectivity index (χ1) is 8.56. The second-order valence-electron chi connectivity index (χ2n) is 4.33. The van der Waals surface area contributed by atoms with E-state index in [1.165, 1.54) is 0 Å². The quantitative estimate of drug-likeness (QED) is 0.695. The van der Waals surface area contributed by atoms with Gasteiger partial charge in [0.05, 0.1) is 11.2 Å². The summed E-state index contributed by atoms with van der Waals surface area (Å²) in [5, 5.41) is 20.1. The Morgan fingerprint density at radius 2 is 2.33 bits per heavy atom. The van der Waals surface area contributed by atoms with Gasteiger partial charge < -0.3 is 20.9 Å². The molecule has 4 N–H and O–H groups in total. The van der Waals surface area contributed by atoms with Gasteiger partial charge in [0, 0.05) is 0 Å². The summed E-state index contributed by atoms with van der Waals surface area (Å²) in [7, 11) is 0. The van der Waals surface area contributed by atoms with Crippen LogP contribution in [0.2, 0.25) is 0 Å². The lowest BCUT2D eigenvalue weighted by Gasteiger charge is -2.17. The smallest absolute Gasteiger partial charge is 0.405 e. The fourth-order valence-electron chi connectivity index (χ4n) is 1.69. The number of nitrogen functional groups attached to an aromatic ring is 1. The molecule has 0 spiro atoms. The van der Waals surface area contributed by atoms with E-state index in [4.69, 9.17) is 20.8 Å². The SMILES string of the molecule is N#Cc1c(N)cccc1OCC1(NC(=O)O)CC1. The van der Waals surface area contributed by atoms with Crippen LogP contribution in [0.3, 0.4) is 0 Å². The van der Waals surface area contributed by atoms with Crippen LogP contribution in [0.4, 0.5) is 10.5 Å². The lowest BCUT2D eigenvalue weighted by molar-refractivity contribution is 0.177. The standard InChI is InChI=1S/C12H13N3O3/c13-6-8-9(14)2-1-3-10(8)18-7-12(4-5-12)15-11(16)17/h1-3,15H,4-5,7,14H2,(H,16,17). The van der Waals surface area contributed by atoms with E-state index in [2.05, 4.69) is 5.32 Å². The zero-order valence-electron chi connectivity index (χ0n) is 9.64. The number of hydrogen-bond acceptors (Lipinski definition) is 4. The van der Waals surface area contributed by atoms with E-state index in [1.807, 2.05) is 6.07 Å². The third-order valence-electron chi connectivity index (χ3n) is 2.90. The number of hydrogen-bond donors (Lipinski definition) is 3. The zero-order chi connectivity index (χ0) is 13.2. The second kappa shape index (κ2) is 4.45. The second-order valence-corrected chi connectivity index (χ2v) is 4.33. The van der Waals surface area contributed by atoms with Crippen molar-refractivity contribution in [3.05, 3.63) is 23.8 Å². The molecule has 1 amide bonds. The van der Waals surface area contributed by atoms with Crippen molar-refractivity contribution in [3.63, 3.8) is 0 Å². The number of rotatable bonds is 4. The van der Waals surface area contributed by atoms with Crippen LogP contribution in [0.25, 0.3) is 0 Å². The molecule has 94 valence electrons. The Morgan fingerprint density at radius 1 is 1.61 bits per heavy atom. The third-order valence-corrected chi connectivity index (χ3v) is 2.90. The Hall–Kier alpha value is -2.42. The average Bonchev–Trinajstić information content (AvgIpc) is 3.06. The minimum atomic E-state index is -1.07. The number of nitriles is 1. The molecule has 0 aliphatic heterocycles. The van der Waals surface area contributed by atoms with Crippen LogP contribution in [-0.4, -0.2) is 23.3 Å². The summed E-state index contributed by atoms with van der Waals surface area (Å²) >= 11 is 0. The maximum Gasteiger partial charge on any atom is 0.405 e. The minimum absolute atomic E-state index is 0.206. The van der Waals surface area contributed by atoms with Crippen LogP contribution in [0.5, 0.6) is 5.75 Å². The Morgan fingerprint density at radius 3 is 2.89 bits per heavy atom. The third kappa shape index (κ3) is 2.46. The first kappa shape index (κ1) is 12.0. The van der Waals surface area contributed by atoms with E-state index in [9.17, 15) is 4.79 Å². The van der Waals surface area contributed by atoms with Crippen molar-refractivity contribution in [2.45, 2.75) is 18.4 Å². The number of carbonyl (C=O) groups is 1. The molecule has 0 radical (unpaired) electrons. The highest BCUT2D eigenvalue weighted by Crippen LogP contribution is 2.36. The van der Waals surface area contributed by atoms with Crippen molar-refractivity contribution in [1.29, 1.82) is 5.26 Å². The van der Waals surface area contributed by atoms with Gasteiger partial charge in [-0.05, 0) is 25.0 Å². The van der Waals surface area contributed by atoms with Crippen molar-refractivity contribution in [1.82, 2.24) is 5.32 Å². The molecule has 6 heteroatoms. The summed E-state index contributed by atoms with van der Waals surface area (Å²) in [4.78, 5) is 10.6. The minimum Gasteiger partial charge on any atom is -0.490 e. The van der Waals surface area contributed by atoms with Crippen LogP contribution in [-0.2, 0) is 0 Å². The molecule has 0 saturated heterocycles. The van der Waals surface area contributed by atoms with Gasteiger partial charge in [0.15, 0.2) is 0 Å². The van der Waals surface area contributed by atoms with Gasteiger partial charge in [0.25, 0.3) is 0 Å². The van der Waals surface area contributed by atoms with Crippen LogP contribution in [0.1, 0.15) is 18.4 Å². The number of amides is 1. The lowest BCUT2D eigenvalue weighted by atomic mass is 10.2. The summed E-state index contributed by atoms with van der Waals surface area (Å²) < 4.78 is 5.51. The molecule has 1 aromatic carbocycles. The van der Waals surface area contributed by atoms with Crippen LogP contribution in [0, 0.1) is 11.3 Å². The van der Waals surface area contributed by atoms with E-state index >= 15 is 0 Å². The molecule has 0 unspecified atom stereocenters. The van der Waals surface area contributed by atoms with E-state index in [0.29, 0.717) is 11.4 Å². The van der Waals surface area contributed by atoms with Crippen molar-refractivity contribution < 1.29 is 14.6 Å². The molecule has 1 saturated carbocycles. The first-order valence-electron chi connectivity index (χ1n) is 5.49. The van der Waals surface area contributed by atoms with Crippen LogP contribution >= 0.6 is 0 Å². The molecule has 0 atom stereocenters. The van der Waals surface area contributed by atoms with Gasteiger partial charge in [-0.3, -0.25) is 0 Å². The van der Waals surface area contributed by atoms with E-state index in [0.717, 1.165) is 12.8 Å². The van der Waals surface area contributed by atoms with Gasteiger partial charge in [0.1, 0.15) is 24.0 Å². The van der Waals surface area contributed by atoms with Gasteiger partial charge in [-0.25, -0.2) is 4.79 Å². The maximum atomic E-state index is 10.6. The lowest BCUT2D eigenvalue weighted by Crippen LogP contribution is -2.40. The van der Waals surface area contributed by atoms with E-state index < -0.39 is 11.6 Å². The normalized spacial score (nSPS) is 15.5. The highest BCUT2D eigenvalue weighted by atomic mass is 16.5. The van der Waals surface area contributed by atoms with Crippen LogP contribution < -0.4 is 15.8 Å². The molecule has 1 aromatic rings. The van der Waals surface area contributed by atoms with Crippen LogP contribution in [0.15, 0.2) is 18.2 Å². The summed E-state index contributed by atoms with van der Waals surface area (Å²) in [5.74, 6) is 0.385. The molecule has 18 heavy (non-hydrogen) atoms. The van der Waals surface area contributed by atoms with Gasteiger partial charge in [-0.15, -0.1) is 0 Å². The molecule has 0 heterocycles. The molecule has 1 aliphatic rings. The molecule has 6 nitrogen and oxygen atoms in total. The summed E-state index contributed by atoms with van der Waals surface area (Å²) in [5.41, 5.74) is 5.78. The predicted octanol–water partition coefficient (Wildman–Crippen LogP) is 1.32. The molecule has 1 fully saturated rings. The van der Waals surface area contributed by atoms with Gasteiger partial charge in [-0.2, -0.15) is 5.26 Å².